The van der Waals surface area contributed by atoms with Crippen molar-refractivity contribution in [1.29, 1.82) is 0 Å². The second-order valence-electron chi connectivity index (χ2n) is 3.42. The van der Waals surface area contributed by atoms with E-state index in [0.717, 1.165) is 6.42 Å². The molecule has 0 radical (unpaired) electrons. The number of nitrogens with zero attached hydrogens (tertiary/aromatic N) is 2. The van der Waals surface area contributed by atoms with Crippen LogP contribution >= 0.6 is 0 Å². The minimum atomic E-state index is -0.213. The normalized spacial score (nSPS) is 10.7. The van der Waals surface area contributed by atoms with Gasteiger partial charge in [0.05, 0.1) is 12.7 Å². The van der Waals surface area contributed by atoms with E-state index in [2.05, 4.69) is 0 Å². The monoisotopic (exact) mass is 205 g/mol. The molecule has 4 heteroatoms. The molecule has 4 nitrogen and oxygen atoms in total. The third-order valence-corrected chi connectivity index (χ3v) is 2.33. The van der Waals surface area contributed by atoms with E-state index in [9.17, 15) is 9.90 Å². The van der Waals surface area contributed by atoms with E-state index >= 15 is 0 Å². The summed E-state index contributed by atoms with van der Waals surface area (Å²) in [7, 11) is 0. The van der Waals surface area contributed by atoms with Crippen molar-refractivity contribution < 1.29 is 9.51 Å². The Labute approximate surface area is 87.0 Å². The number of aromatic nitrogens is 2. The standard InChI is InChI=1S/C11H12N2O2/c1-2-6-12-9-5-3-4-7-13(9)11(15)8-10(12)14/h3-5,7-8H,2,6H2,1H3/p+1. The van der Waals surface area contributed by atoms with Gasteiger partial charge in [0.15, 0.2) is 0 Å². The molecule has 0 spiro atoms. The first-order chi connectivity index (χ1) is 7.24. The molecule has 0 saturated carbocycles. The molecule has 0 fully saturated rings. The molecule has 15 heavy (non-hydrogen) atoms. The maximum absolute atomic E-state index is 11.5. The van der Waals surface area contributed by atoms with Gasteiger partial charge in [-0.05, 0) is 12.5 Å². The van der Waals surface area contributed by atoms with Crippen LogP contribution in [0, 0.1) is 0 Å². The van der Waals surface area contributed by atoms with Crippen molar-refractivity contribution in [2.24, 2.45) is 0 Å². The van der Waals surface area contributed by atoms with E-state index in [1.807, 2.05) is 19.1 Å². The quantitative estimate of drug-likeness (QED) is 0.734. The van der Waals surface area contributed by atoms with Gasteiger partial charge >= 0.3 is 5.56 Å². The van der Waals surface area contributed by atoms with Crippen molar-refractivity contribution >= 4 is 5.65 Å². The van der Waals surface area contributed by atoms with E-state index in [1.54, 1.807) is 16.8 Å². The SMILES string of the molecule is CCCn1c(O)cc(=O)[n+]2ccccc12. The van der Waals surface area contributed by atoms with Crippen molar-refractivity contribution in [3.8, 4) is 5.88 Å². The number of aryl methyl sites for hydroxylation is 1. The number of pyridine rings is 1. The topological polar surface area (TPSA) is 46.3 Å². The van der Waals surface area contributed by atoms with Crippen molar-refractivity contribution in [1.82, 2.24) is 4.57 Å². The number of hydrogen-bond donors (Lipinski definition) is 1. The summed E-state index contributed by atoms with van der Waals surface area (Å²) in [4.78, 5) is 11.5. The lowest BCUT2D eigenvalue weighted by Gasteiger charge is -2.03. The van der Waals surface area contributed by atoms with Crippen LogP contribution in [0.4, 0.5) is 0 Å². The smallest absolute Gasteiger partial charge is 0.346 e. The van der Waals surface area contributed by atoms with Crippen LogP contribution in [0.25, 0.3) is 5.65 Å². The largest absolute Gasteiger partial charge is 0.478 e. The second kappa shape index (κ2) is 3.73. The predicted octanol–water partition coefficient (Wildman–Crippen LogP) is 0.703. The average molecular weight is 205 g/mol. The van der Waals surface area contributed by atoms with Crippen molar-refractivity contribution in [2.45, 2.75) is 19.9 Å². The lowest BCUT2D eigenvalue weighted by molar-refractivity contribution is -0.532. The molecule has 0 saturated heterocycles. The molecule has 0 aliphatic heterocycles. The molecule has 0 aliphatic rings. The highest BCUT2D eigenvalue weighted by Crippen LogP contribution is 2.08. The van der Waals surface area contributed by atoms with Gasteiger partial charge in [0, 0.05) is 6.07 Å². The highest BCUT2D eigenvalue weighted by molar-refractivity contribution is 5.33. The van der Waals surface area contributed by atoms with Gasteiger partial charge in [-0.2, -0.15) is 8.97 Å². The lowest BCUT2D eigenvalue weighted by atomic mass is 10.4. The number of aromatic hydroxyl groups is 1. The first-order valence-electron chi connectivity index (χ1n) is 4.97. The van der Waals surface area contributed by atoms with Crippen LogP contribution in [0.3, 0.4) is 0 Å². The van der Waals surface area contributed by atoms with Gasteiger partial charge < -0.3 is 5.11 Å². The fourth-order valence-electron chi connectivity index (χ4n) is 1.67. The maximum atomic E-state index is 11.5. The third-order valence-electron chi connectivity index (χ3n) is 2.33. The minimum absolute atomic E-state index is 0.0213. The zero-order valence-electron chi connectivity index (χ0n) is 8.55. The molecular formula is C11H13N2O2+. The van der Waals surface area contributed by atoms with Crippen LogP contribution in [0.2, 0.25) is 0 Å². The summed E-state index contributed by atoms with van der Waals surface area (Å²) in [5, 5.41) is 9.67. The summed E-state index contributed by atoms with van der Waals surface area (Å²) in [6.07, 6.45) is 2.60. The second-order valence-corrected chi connectivity index (χ2v) is 3.42. The van der Waals surface area contributed by atoms with Gasteiger partial charge in [-0.3, -0.25) is 0 Å². The van der Waals surface area contributed by atoms with Crippen molar-refractivity contribution in [3.63, 3.8) is 0 Å². The third kappa shape index (κ3) is 1.58. The Morgan fingerprint density at radius 2 is 2.27 bits per heavy atom. The summed E-state index contributed by atoms with van der Waals surface area (Å²) in [5.41, 5.74) is 0.500. The van der Waals surface area contributed by atoms with E-state index in [1.165, 1.54) is 10.5 Å². The molecule has 0 unspecified atom stereocenters. The summed E-state index contributed by atoms with van der Waals surface area (Å²) >= 11 is 0. The molecule has 0 aromatic carbocycles. The van der Waals surface area contributed by atoms with Gasteiger partial charge in [0.1, 0.15) is 6.07 Å². The van der Waals surface area contributed by atoms with Crippen LogP contribution in [0.5, 0.6) is 5.88 Å². The lowest BCUT2D eigenvalue weighted by Crippen LogP contribution is -2.41. The number of hydrogen-bond acceptors (Lipinski definition) is 2. The van der Waals surface area contributed by atoms with Crippen LogP contribution in [0.15, 0.2) is 35.3 Å². The molecule has 78 valence electrons. The molecule has 2 heterocycles. The molecular weight excluding hydrogens is 192 g/mol. The average Bonchev–Trinajstić information content (AvgIpc) is 2.24. The number of rotatable bonds is 2. The molecule has 2 aromatic rings. The highest BCUT2D eigenvalue weighted by atomic mass is 16.3. The Bertz CT molecular complexity index is 546. The van der Waals surface area contributed by atoms with Crippen LogP contribution in [-0.2, 0) is 6.54 Å². The zero-order valence-corrected chi connectivity index (χ0v) is 8.55. The fourth-order valence-corrected chi connectivity index (χ4v) is 1.67. The summed E-state index contributed by atoms with van der Waals surface area (Å²) in [6.45, 7) is 2.72. The Morgan fingerprint density at radius 3 is 3.00 bits per heavy atom. The maximum Gasteiger partial charge on any atom is 0.346 e. The molecule has 0 aliphatic carbocycles. The van der Waals surface area contributed by atoms with Gasteiger partial charge in [-0.15, -0.1) is 0 Å². The minimum Gasteiger partial charge on any atom is -0.478 e. The summed E-state index contributed by atoms with van der Waals surface area (Å²) in [5.74, 6) is 0.0213. The predicted molar refractivity (Wildman–Crippen MR) is 55.8 cm³/mol. The highest BCUT2D eigenvalue weighted by Gasteiger charge is 2.14. The van der Waals surface area contributed by atoms with Crippen molar-refractivity contribution in [2.75, 3.05) is 0 Å². The van der Waals surface area contributed by atoms with E-state index in [-0.39, 0.29) is 11.4 Å². The first kappa shape index (κ1) is 9.71. The van der Waals surface area contributed by atoms with Crippen LogP contribution in [0.1, 0.15) is 13.3 Å². The van der Waals surface area contributed by atoms with Crippen LogP contribution < -0.4 is 9.96 Å². The molecule has 2 rings (SSSR count). The zero-order chi connectivity index (χ0) is 10.8. The van der Waals surface area contributed by atoms with Crippen molar-refractivity contribution in [3.05, 3.63) is 40.8 Å². The summed E-state index contributed by atoms with van der Waals surface area (Å²) in [6, 6.07) is 6.70. The first-order valence-corrected chi connectivity index (χ1v) is 4.97. The summed E-state index contributed by atoms with van der Waals surface area (Å²) < 4.78 is 3.25. The van der Waals surface area contributed by atoms with Gasteiger partial charge in [-0.25, -0.2) is 4.79 Å². The number of fused-ring (bicyclic) bond motifs is 1. The molecule has 1 N–H and O–H groups in total. The van der Waals surface area contributed by atoms with E-state index in [0.29, 0.717) is 12.2 Å². The van der Waals surface area contributed by atoms with Gasteiger partial charge in [-0.1, -0.05) is 13.0 Å². The van der Waals surface area contributed by atoms with Gasteiger partial charge in [0.25, 0.3) is 11.5 Å². The molecule has 2 aromatic heterocycles. The fraction of sp³-hybridized carbons (Fsp3) is 0.273. The van der Waals surface area contributed by atoms with Gasteiger partial charge in [0.2, 0.25) is 0 Å². The Balaban J connectivity index is 2.83. The Hall–Kier alpha value is -1.84. The molecule has 0 atom stereocenters. The van der Waals surface area contributed by atoms with E-state index in [4.69, 9.17) is 0 Å². The van der Waals surface area contributed by atoms with Crippen LogP contribution in [-0.4, -0.2) is 9.67 Å². The van der Waals surface area contributed by atoms with E-state index < -0.39 is 0 Å². The molecule has 0 bridgehead atoms. The Morgan fingerprint density at radius 1 is 1.47 bits per heavy atom. The Kier molecular flexibility index (Phi) is 2.41. The molecule has 0 amide bonds.